The molecule has 0 aromatic carbocycles. The van der Waals surface area contributed by atoms with Gasteiger partial charge >= 0.3 is 5.97 Å². The van der Waals surface area contributed by atoms with E-state index in [4.69, 9.17) is 5.11 Å². The largest absolute Gasteiger partial charge is 0.477 e. The first kappa shape index (κ1) is 14.0. The summed E-state index contributed by atoms with van der Waals surface area (Å²) in [5, 5.41) is 12.1. The first-order chi connectivity index (χ1) is 9.06. The zero-order chi connectivity index (χ0) is 13.8. The molecule has 2 rings (SSSR count). The zero-order valence-corrected chi connectivity index (χ0v) is 12.3. The number of thiazole rings is 1. The Morgan fingerprint density at radius 1 is 1.53 bits per heavy atom. The molecule has 19 heavy (non-hydrogen) atoms. The molecule has 0 aliphatic carbocycles. The molecule has 0 amide bonds. The van der Waals surface area contributed by atoms with E-state index in [0.717, 1.165) is 21.3 Å². The Balaban J connectivity index is 2.01. The number of aromatic nitrogens is 2. The topological polar surface area (TPSA) is 63.1 Å². The summed E-state index contributed by atoms with van der Waals surface area (Å²) < 4.78 is 0. The summed E-state index contributed by atoms with van der Waals surface area (Å²) in [6, 6.07) is 3.40. The summed E-state index contributed by atoms with van der Waals surface area (Å²) in [6.07, 6.45) is 1.52. The standard InChI is InChI=1S/C13H14N2O2S2/c1-8(2)12-15-9(7-19-12)6-18-10-3-4-14-11(5-10)13(16)17/h3-5,7-8H,6H2,1-2H3,(H,16,17). The SMILES string of the molecule is CC(C)c1nc(CSc2ccnc(C(=O)O)c2)cs1. The van der Waals surface area contributed by atoms with Crippen molar-refractivity contribution in [2.24, 2.45) is 0 Å². The Bertz CT molecular complexity index is 582. The maximum atomic E-state index is 10.8. The van der Waals surface area contributed by atoms with E-state index >= 15 is 0 Å². The summed E-state index contributed by atoms with van der Waals surface area (Å²) in [7, 11) is 0. The van der Waals surface area contributed by atoms with E-state index in [2.05, 4.69) is 29.2 Å². The smallest absolute Gasteiger partial charge is 0.354 e. The fourth-order valence-electron chi connectivity index (χ4n) is 1.43. The van der Waals surface area contributed by atoms with Gasteiger partial charge in [0.15, 0.2) is 0 Å². The molecule has 0 saturated carbocycles. The van der Waals surface area contributed by atoms with E-state index < -0.39 is 5.97 Å². The lowest BCUT2D eigenvalue weighted by atomic mass is 10.2. The lowest BCUT2D eigenvalue weighted by molar-refractivity contribution is 0.0690. The molecule has 0 spiro atoms. The molecule has 0 radical (unpaired) electrons. The second-order valence-electron chi connectivity index (χ2n) is 4.30. The van der Waals surface area contributed by atoms with Gasteiger partial charge in [-0.25, -0.2) is 14.8 Å². The maximum absolute atomic E-state index is 10.8. The number of aromatic carboxylic acids is 1. The summed E-state index contributed by atoms with van der Waals surface area (Å²) in [5.74, 6) is 0.188. The first-order valence-corrected chi connectivity index (χ1v) is 7.69. The van der Waals surface area contributed by atoms with Crippen LogP contribution in [0.3, 0.4) is 0 Å². The minimum Gasteiger partial charge on any atom is -0.477 e. The molecule has 2 aromatic heterocycles. The van der Waals surface area contributed by atoms with Crippen LogP contribution >= 0.6 is 23.1 Å². The van der Waals surface area contributed by atoms with Crippen LogP contribution in [-0.4, -0.2) is 21.0 Å². The minimum absolute atomic E-state index is 0.0751. The quantitative estimate of drug-likeness (QED) is 0.853. The molecular weight excluding hydrogens is 280 g/mol. The van der Waals surface area contributed by atoms with Gasteiger partial charge in [0.25, 0.3) is 0 Å². The Morgan fingerprint density at radius 2 is 2.32 bits per heavy atom. The number of hydrogen-bond acceptors (Lipinski definition) is 5. The molecule has 0 saturated heterocycles. The monoisotopic (exact) mass is 294 g/mol. The van der Waals surface area contributed by atoms with Gasteiger partial charge in [-0.3, -0.25) is 0 Å². The molecule has 0 bridgehead atoms. The zero-order valence-electron chi connectivity index (χ0n) is 10.7. The molecule has 0 aliphatic heterocycles. The summed E-state index contributed by atoms with van der Waals surface area (Å²) in [4.78, 5) is 20.1. The minimum atomic E-state index is -1.00. The van der Waals surface area contributed by atoms with Crippen molar-refractivity contribution >= 4 is 29.1 Å². The van der Waals surface area contributed by atoms with Crippen LogP contribution in [-0.2, 0) is 5.75 Å². The highest BCUT2D eigenvalue weighted by Gasteiger charge is 2.08. The van der Waals surface area contributed by atoms with E-state index in [9.17, 15) is 4.79 Å². The van der Waals surface area contributed by atoms with Crippen molar-refractivity contribution in [2.75, 3.05) is 0 Å². The normalized spacial score (nSPS) is 10.9. The molecule has 0 fully saturated rings. The van der Waals surface area contributed by atoms with Gasteiger partial charge in [0.1, 0.15) is 5.69 Å². The van der Waals surface area contributed by atoms with Gasteiger partial charge in [0.05, 0.1) is 10.7 Å². The second-order valence-corrected chi connectivity index (χ2v) is 6.24. The third kappa shape index (κ3) is 3.78. The number of carbonyl (C=O) groups is 1. The molecule has 0 unspecified atom stereocenters. The third-order valence-corrected chi connectivity index (χ3v) is 4.62. The first-order valence-electron chi connectivity index (χ1n) is 5.82. The highest BCUT2D eigenvalue weighted by molar-refractivity contribution is 7.98. The molecular formula is C13H14N2O2S2. The van der Waals surface area contributed by atoms with Crippen molar-refractivity contribution in [3.63, 3.8) is 0 Å². The highest BCUT2D eigenvalue weighted by Crippen LogP contribution is 2.26. The van der Waals surface area contributed by atoms with Crippen LogP contribution < -0.4 is 0 Å². The molecule has 0 aliphatic rings. The Labute approximate surface area is 119 Å². The van der Waals surface area contributed by atoms with Crippen LogP contribution in [0.4, 0.5) is 0 Å². The summed E-state index contributed by atoms with van der Waals surface area (Å²) in [6.45, 7) is 4.25. The number of thioether (sulfide) groups is 1. The Morgan fingerprint density at radius 3 is 2.95 bits per heavy atom. The Kier molecular flexibility index (Phi) is 4.55. The van der Waals surface area contributed by atoms with Gasteiger partial charge in [-0.1, -0.05) is 13.8 Å². The van der Waals surface area contributed by atoms with Crippen LogP contribution in [0.15, 0.2) is 28.6 Å². The van der Waals surface area contributed by atoms with Crippen LogP contribution in [0.25, 0.3) is 0 Å². The van der Waals surface area contributed by atoms with Crippen LogP contribution in [0.1, 0.15) is 41.0 Å². The van der Waals surface area contributed by atoms with E-state index in [0.29, 0.717) is 5.92 Å². The van der Waals surface area contributed by atoms with Crippen LogP contribution in [0.5, 0.6) is 0 Å². The average molecular weight is 294 g/mol. The maximum Gasteiger partial charge on any atom is 0.354 e. The summed E-state index contributed by atoms with van der Waals surface area (Å²) >= 11 is 3.24. The predicted molar refractivity (Wildman–Crippen MR) is 77.0 cm³/mol. The van der Waals surface area contributed by atoms with Gasteiger partial charge < -0.3 is 5.11 Å². The fourth-order valence-corrected chi connectivity index (χ4v) is 3.18. The molecule has 2 heterocycles. The average Bonchev–Trinajstić information content (AvgIpc) is 2.85. The number of carboxylic acid groups (broad SMARTS) is 1. The lowest BCUT2D eigenvalue weighted by Crippen LogP contribution is -1.99. The van der Waals surface area contributed by atoms with Crippen molar-refractivity contribution in [1.29, 1.82) is 0 Å². The van der Waals surface area contributed by atoms with Crippen molar-refractivity contribution in [3.8, 4) is 0 Å². The van der Waals surface area contributed by atoms with Gasteiger partial charge in [-0.05, 0) is 12.1 Å². The third-order valence-electron chi connectivity index (χ3n) is 2.40. The van der Waals surface area contributed by atoms with E-state index in [1.807, 2.05) is 6.07 Å². The van der Waals surface area contributed by atoms with Gasteiger partial charge in [0.2, 0.25) is 0 Å². The lowest BCUT2D eigenvalue weighted by Gasteiger charge is -2.01. The number of rotatable bonds is 5. The van der Waals surface area contributed by atoms with E-state index in [1.54, 1.807) is 29.2 Å². The van der Waals surface area contributed by atoms with Crippen molar-refractivity contribution in [3.05, 3.63) is 40.1 Å². The predicted octanol–water partition coefficient (Wildman–Crippen LogP) is 3.65. The molecule has 2 aromatic rings. The molecule has 0 atom stereocenters. The number of carboxylic acids is 1. The molecule has 100 valence electrons. The van der Waals surface area contributed by atoms with Crippen molar-refractivity contribution in [1.82, 2.24) is 9.97 Å². The molecule has 6 heteroatoms. The number of pyridine rings is 1. The van der Waals surface area contributed by atoms with Crippen LogP contribution in [0.2, 0.25) is 0 Å². The second kappa shape index (κ2) is 6.16. The number of hydrogen-bond donors (Lipinski definition) is 1. The molecule has 1 N–H and O–H groups in total. The van der Waals surface area contributed by atoms with Crippen LogP contribution in [0, 0.1) is 0 Å². The van der Waals surface area contributed by atoms with Crippen molar-refractivity contribution in [2.45, 2.75) is 30.4 Å². The fraction of sp³-hybridized carbons (Fsp3) is 0.308. The van der Waals surface area contributed by atoms with Gasteiger partial charge in [0, 0.05) is 28.1 Å². The van der Waals surface area contributed by atoms with Gasteiger partial charge in [-0.15, -0.1) is 23.1 Å². The van der Waals surface area contributed by atoms with Gasteiger partial charge in [-0.2, -0.15) is 0 Å². The van der Waals surface area contributed by atoms with Crippen molar-refractivity contribution < 1.29 is 9.90 Å². The van der Waals surface area contributed by atoms with E-state index in [1.165, 1.54) is 6.20 Å². The highest BCUT2D eigenvalue weighted by atomic mass is 32.2. The number of nitrogens with zero attached hydrogens (tertiary/aromatic N) is 2. The van der Waals surface area contributed by atoms with E-state index in [-0.39, 0.29) is 5.69 Å². The summed E-state index contributed by atoms with van der Waals surface area (Å²) in [5.41, 5.74) is 1.11. The Hall–Kier alpha value is -1.40. The molecule has 4 nitrogen and oxygen atoms in total.